The van der Waals surface area contributed by atoms with Crippen LogP contribution in [-0.4, -0.2) is 5.11 Å². The van der Waals surface area contributed by atoms with Gasteiger partial charge in [0.1, 0.15) is 5.76 Å². The minimum Gasteiger partial charge on any atom is -0.508 e. The Hall–Kier alpha value is -1.05. The molecule has 1 nitrogen and oxygen atoms in total. The highest BCUT2D eigenvalue weighted by Gasteiger charge is 1.86. The van der Waals surface area contributed by atoms with Gasteiger partial charge >= 0.3 is 0 Å². The summed E-state index contributed by atoms with van der Waals surface area (Å²) in [5.74, 6) is 0.533. The van der Waals surface area contributed by atoms with Crippen molar-refractivity contribution in [3.8, 4) is 0 Å². The van der Waals surface area contributed by atoms with Crippen molar-refractivity contribution in [2.75, 3.05) is 0 Å². The van der Waals surface area contributed by atoms with Crippen molar-refractivity contribution in [3.05, 3.63) is 36.4 Å². The summed E-state index contributed by atoms with van der Waals surface area (Å²) in [6, 6.07) is 0. The molecule has 0 aliphatic heterocycles. The maximum Gasteiger partial charge on any atom is 0.117 e. The molecular formula is C10H15FO. The lowest BCUT2D eigenvalue weighted by Crippen LogP contribution is -1.80. The Morgan fingerprint density at radius 2 is 2.17 bits per heavy atom. The molecule has 0 unspecified atom stereocenters. The molecule has 0 radical (unpaired) electrons. The summed E-state index contributed by atoms with van der Waals surface area (Å²) in [5.41, 5.74) is 0. The van der Waals surface area contributed by atoms with E-state index in [1.807, 2.05) is 6.08 Å². The van der Waals surface area contributed by atoms with E-state index in [4.69, 9.17) is 5.11 Å². The fraction of sp³-hybridized carbons (Fsp3) is 0.400. The molecule has 0 aliphatic rings. The van der Waals surface area contributed by atoms with Crippen LogP contribution in [0, 0.1) is 5.92 Å². The van der Waals surface area contributed by atoms with E-state index in [0.717, 1.165) is 12.5 Å². The Bertz CT molecular complexity index is 190. The first-order chi connectivity index (χ1) is 5.66. The van der Waals surface area contributed by atoms with E-state index in [-0.39, 0.29) is 5.76 Å². The quantitative estimate of drug-likeness (QED) is 0.505. The summed E-state index contributed by atoms with van der Waals surface area (Å²) in [5, 5.41) is 8.90. The average Bonchev–Trinajstić information content (AvgIpc) is 1.98. The minimum absolute atomic E-state index is 0.0718. The number of hydrogen-bond donors (Lipinski definition) is 1. The van der Waals surface area contributed by atoms with Gasteiger partial charge in [0.25, 0.3) is 0 Å². The zero-order chi connectivity index (χ0) is 9.40. The van der Waals surface area contributed by atoms with E-state index >= 15 is 0 Å². The Morgan fingerprint density at radius 3 is 2.67 bits per heavy atom. The summed E-state index contributed by atoms with van der Waals surface area (Å²) in [4.78, 5) is 0. The lowest BCUT2D eigenvalue weighted by Gasteiger charge is -1.94. The molecule has 0 rings (SSSR count). The third kappa shape index (κ3) is 7.06. The predicted molar refractivity (Wildman–Crippen MR) is 49.6 cm³/mol. The summed E-state index contributed by atoms with van der Waals surface area (Å²) in [6.45, 7) is 4.21. The molecule has 0 saturated carbocycles. The third-order valence-electron chi connectivity index (χ3n) is 1.24. The molecule has 0 saturated heterocycles. The van der Waals surface area contributed by atoms with Crippen LogP contribution in [0.5, 0.6) is 0 Å². The smallest absolute Gasteiger partial charge is 0.117 e. The van der Waals surface area contributed by atoms with Crippen LogP contribution in [-0.2, 0) is 0 Å². The second-order valence-electron chi connectivity index (χ2n) is 2.94. The van der Waals surface area contributed by atoms with Crippen LogP contribution in [0.25, 0.3) is 0 Å². The molecule has 0 heterocycles. The topological polar surface area (TPSA) is 20.2 Å². The van der Waals surface area contributed by atoms with Crippen LogP contribution in [0.2, 0.25) is 0 Å². The highest BCUT2D eigenvalue weighted by molar-refractivity contribution is 5.15. The second-order valence-corrected chi connectivity index (χ2v) is 2.94. The molecule has 0 aromatic carbocycles. The van der Waals surface area contributed by atoms with Gasteiger partial charge in [-0.25, -0.2) is 4.39 Å². The van der Waals surface area contributed by atoms with Gasteiger partial charge in [0.15, 0.2) is 0 Å². The lowest BCUT2D eigenvalue weighted by atomic mass is 10.1. The van der Waals surface area contributed by atoms with Crippen molar-refractivity contribution in [3.63, 3.8) is 0 Å². The van der Waals surface area contributed by atoms with Gasteiger partial charge in [-0.15, -0.1) is 0 Å². The first-order valence-electron chi connectivity index (χ1n) is 3.99. The van der Waals surface area contributed by atoms with Crippen LogP contribution in [0.4, 0.5) is 4.39 Å². The van der Waals surface area contributed by atoms with Crippen molar-refractivity contribution in [2.24, 2.45) is 5.92 Å². The molecule has 0 aromatic rings. The molecule has 0 atom stereocenters. The zero-order valence-electron chi connectivity index (χ0n) is 7.50. The Labute approximate surface area is 72.9 Å². The first kappa shape index (κ1) is 11.0. The number of hydrogen-bond acceptors (Lipinski definition) is 1. The van der Waals surface area contributed by atoms with Gasteiger partial charge in [-0.05, 0) is 18.4 Å². The van der Waals surface area contributed by atoms with Gasteiger partial charge < -0.3 is 5.11 Å². The van der Waals surface area contributed by atoms with E-state index in [2.05, 4.69) is 13.8 Å². The van der Waals surface area contributed by atoms with Crippen molar-refractivity contribution < 1.29 is 9.50 Å². The normalized spacial score (nSPS) is 13.8. The average molecular weight is 170 g/mol. The van der Waals surface area contributed by atoms with Crippen molar-refractivity contribution in [1.29, 1.82) is 0 Å². The van der Waals surface area contributed by atoms with Gasteiger partial charge in [0, 0.05) is 6.08 Å². The molecule has 0 bridgehead atoms. The standard InChI is InChI=1S/C10H15FO/c1-9(2)5-3-4-6-10(12)7-8-11/h3-4,6-9,12H,5H2,1-2H3/b4-3+,8-7-,10-6+. The summed E-state index contributed by atoms with van der Waals surface area (Å²) in [6.07, 6.45) is 7.38. The van der Waals surface area contributed by atoms with Crippen LogP contribution < -0.4 is 0 Å². The SMILES string of the molecule is CC(C)C/C=C/C=C(O)\C=C/F. The van der Waals surface area contributed by atoms with E-state index < -0.39 is 0 Å². The molecule has 0 aromatic heterocycles. The number of halogens is 1. The van der Waals surface area contributed by atoms with Gasteiger partial charge in [-0.1, -0.05) is 26.0 Å². The molecule has 0 aliphatic carbocycles. The maximum absolute atomic E-state index is 11.5. The third-order valence-corrected chi connectivity index (χ3v) is 1.24. The van der Waals surface area contributed by atoms with Crippen molar-refractivity contribution in [2.45, 2.75) is 20.3 Å². The van der Waals surface area contributed by atoms with Crippen LogP contribution in [0.1, 0.15) is 20.3 Å². The molecular weight excluding hydrogens is 155 g/mol. The fourth-order valence-corrected chi connectivity index (χ4v) is 0.637. The van der Waals surface area contributed by atoms with Gasteiger partial charge in [0.05, 0.1) is 6.33 Å². The maximum atomic E-state index is 11.5. The van der Waals surface area contributed by atoms with Gasteiger partial charge in [-0.3, -0.25) is 0 Å². The molecule has 68 valence electrons. The van der Waals surface area contributed by atoms with E-state index in [1.54, 1.807) is 6.08 Å². The van der Waals surface area contributed by atoms with Crippen LogP contribution in [0.3, 0.4) is 0 Å². The highest BCUT2D eigenvalue weighted by atomic mass is 19.1. The molecule has 0 amide bonds. The van der Waals surface area contributed by atoms with Crippen LogP contribution in [0.15, 0.2) is 36.4 Å². The number of aliphatic hydroxyl groups is 1. The largest absolute Gasteiger partial charge is 0.508 e. The lowest BCUT2D eigenvalue weighted by molar-refractivity contribution is 0.430. The molecule has 0 spiro atoms. The van der Waals surface area contributed by atoms with Gasteiger partial charge in [0.2, 0.25) is 0 Å². The van der Waals surface area contributed by atoms with Crippen molar-refractivity contribution in [1.82, 2.24) is 0 Å². The van der Waals surface area contributed by atoms with E-state index in [0.29, 0.717) is 12.2 Å². The molecule has 0 fully saturated rings. The van der Waals surface area contributed by atoms with E-state index in [1.165, 1.54) is 6.08 Å². The fourth-order valence-electron chi connectivity index (χ4n) is 0.637. The predicted octanol–water partition coefficient (Wildman–Crippen LogP) is 3.51. The molecule has 1 N–H and O–H groups in total. The first-order valence-corrected chi connectivity index (χ1v) is 3.99. The Kier molecular flexibility index (Phi) is 6.07. The van der Waals surface area contributed by atoms with Gasteiger partial charge in [-0.2, -0.15) is 0 Å². The molecule has 2 heteroatoms. The number of rotatable bonds is 4. The van der Waals surface area contributed by atoms with E-state index in [9.17, 15) is 4.39 Å². The minimum atomic E-state index is -0.0718. The summed E-state index contributed by atoms with van der Waals surface area (Å²) in [7, 11) is 0. The van der Waals surface area contributed by atoms with Crippen LogP contribution >= 0.6 is 0 Å². The summed E-state index contributed by atoms with van der Waals surface area (Å²) < 4.78 is 11.5. The monoisotopic (exact) mass is 170 g/mol. The number of aliphatic hydroxyl groups excluding tert-OH is 1. The zero-order valence-corrected chi connectivity index (χ0v) is 7.50. The number of allylic oxidation sites excluding steroid dienone is 4. The Balaban J connectivity index is 3.78. The molecule has 12 heavy (non-hydrogen) atoms. The highest BCUT2D eigenvalue weighted by Crippen LogP contribution is 2.00. The second kappa shape index (κ2) is 6.65. The Morgan fingerprint density at radius 1 is 1.50 bits per heavy atom. The summed E-state index contributed by atoms with van der Waals surface area (Å²) >= 11 is 0. The van der Waals surface area contributed by atoms with Crippen molar-refractivity contribution >= 4 is 0 Å².